The molecule has 2 fully saturated rings. The van der Waals surface area contributed by atoms with Gasteiger partial charge in [0.1, 0.15) is 17.8 Å². The summed E-state index contributed by atoms with van der Waals surface area (Å²) in [6.45, 7) is 4.62. The summed E-state index contributed by atoms with van der Waals surface area (Å²) in [7, 11) is 1.98. The molecule has 3 aliphatic heterocycles. The Morgan fingerprint density at radius 2 is 1.89 bits per heavy atom. The number of hydrogen-bond acceptors (Lipinski definition) is 8. The van der Waals surface area contributed by atoms with Crippen molar-refractivity contribution in [3.8, 4) is 0 Å². The zero-order valence-electron chi connectivity index (χ0n) is 20.8. The summed E-state index contributed by atoms with van der Waals surface area (Å²) in [6.07, 6.45) is 5.69. The highest BCUT2D eigenvalue weighted by Crippen LogP contribution is 2.31. The molecule has 0 bridgehead atoms. The maximum absolute atomic E-state index is 9.00. The summed E-state index contributed by atoms with van der Waals surface area (Å²) in [5.74, 6) is 0.783. The third-order valence-electron chi connectivity index (χ3n) is 6.84. The number of likely N-dealkylation sites (tertiary alicyclic amines) is 1. The lowest BCUT2D eigenvalue weighted by Gasteiger charge is -2.47. The fourth-order valence-corrected chi connectivity index (χ4v) is 5.22. The van der Waals surface area contributed by atoms with Crippen molar-refractivity contribution in [1.29, 1.82) is 0 Å². The number of amidine groups is 2. The number of carboxylic acids is 1. The quantitative estimate of drug-likeness (QED) is 0.642. The lowest BCUT2D eigenvalue weighted by Crippen LogP contribution is -2.56. The number of aromatic nitrogens is 2. The Labute approximate surface area is 216 Å². The molecule has 0 unspecified atom stereocenters. The van der Waals surface area contributed by atoms with Gasteiger partial charge < -0.3 is 20.5 Å². The molecule has 5 rings (SSSR count). The molecule has 0 amide bonds. The molecular formula is C25H34ClN7O3. The fraction of sp³-hybridized carbons (Fsp3) is 0.520. The molecule has 194 valence electrons. The molecule has 3 aliphatic rings. The Bertz CT molecular complexity index is 1090. The van der Waals surface area contributed by atoms with Gasteiger partial charge in [0.15, 0.2) is 0 Å². The highest BCUT2D eigenvalue weighted by Gasteiger charge is 2.37. The van der Waals surface area contributed by atoms with Crippen molar-refractivity contribution in [1.82, 2.24) is 19.6 Å². The Morgan fingerprint density at radius 3 is 2.47 bits per heavy atom. The fourth-order valence-electron chi connectivity index (χ4n) is 5.10. The van der Waals surface area contributed by atoms with Crippen molar-refractivity contribution in [2.45, 2.75) is 50.8 Å². The van der Waals surface area contributed by atoms with Crippen molar-refractivity contribution < 1.29 is 14.6 Å². The van der Waals surface area contributed by atoms with E-state index in [1.807, 2.05) is 30.1 Å². The van der Waals surface area contributed by atoms with E-state index in [2.05, 4.69) is 43.3 Å². The van der Waals surface area contributed by atoms with Gasteiger partial charge >= 0.3 is 0 Å². The van der Waals surface area contributed by atoms with Gasteiger partial charge in [-0.3, -0.25) is 14.4 Å². The van der Waals surface area contributed by atoms with Crippen LogP contribution in [0.1, 0.15) is 43.5 Å². The van der Waals surface area contributed by atoms with Gasteiger partial charge in [0.05, 0.1) is 18.7 Å². The summed E-state index contributed by atoms with van der Waals surface area (Å²) < 4.78 is 8.28. The summed E-state index contributed by atoms with van der Waals surface area (Å²) >= 11 is 6.10. The summed E-state index contributed by atoms with van der Waals surface area (Å²) in [5, 5.41) is 20.8. The molecule has 3 N–H and O–H groups in total. The van der Waals surface area contributed by atoms with E-state index < -0.39 is 5.97 Å². The standard InChI is InChI=1S/C23H30ClN7O.C2H4O2/c1-29-20(6-9-26-29)21-14-31(19(15-32-21)12-16-2-4-17(24)5-3-16)18-7-10-30(11-8-18)23-13-22(25)27-28-23;1-2(3)4/h2-6,9,18-19,21H,7-8,10-15H2,1H3,(H2,25,27);1H3,(H,3,4)/t19-,21+;/m0./s1. The van der Waals surface area contributed by atoms with E-state index in [0.29, 0.717) is 30.9 Å². The molecule has 0 aliphatic carbocycles. The van der Waals surface area contributed by atoms with Crippen LogP contribution in [0.2, 0.25) is 5.02 Å². The monoisotopic (exact) mass is 515 g/mol. The summed E-state index contributed by atoms with van der Waals surface area (Å²) in [6, 6.07) is 11.1. The second-order valence-electron chi connectivity index (χ2n) is 9.40. The van der Waals surface area contributed by atoms with E-state index in [4.69, 9.17) is 32.0 Å². The predicted molar refractivity (Wildman–Crippen MR) is 139 cm³/mol. The average Bonchev–Trinajstić information content (AvgIpc) is 3.49. The Balaban J connectivity index is 0.000000709. The number of aryl methyl sites for hydroxylation is 1. The van der Waals surface area contributed by atoms with Crippen molar-refractivity contribution in [3.63, 3.8) is 0 Å². The van der Waals surface area contributed by atoms with Gasteiger partial charge in [-0.05, 0) is 43.0 Å². The molecule has 2 atom stereocenters. The number of rotatable bonds is 4. The highest BCUT2D eigenvalue weighted by molar-refractivity contribution is 6.30. The normalized spacial score (nSPS) is 23.0. The van der Waals surface area contributed by atoms with Crippen molar-refractivity contribution in [2.75, 3.05) is 26.2 Å². The van der Waals surface area contributed by atoms with Gasteiger partial charge in [-0.15, -0.1) is 10.2 Å². The van der Waals surface area contributed by atoms with Crippen LogP contribution in [0.3, 0.4) is 0 Å². The van der Waals surface area contributed by atoms with Crippen LogP contribution in [-0.4, -0.2) is 80.7 Å². The highest BCUT2D eigenvalue weighted by atomic mass is 35.5. The summed E-state index contributed by atoms with van der Waals surface area (Å²) in [5.41, 5.74) is 8.24. The first-order chi connectivity index (χ1) is 17.3. The van der Waals surface area contributed by atoms with E-state index in [1.54, 1.807) is 0 Å². The van der Waals surface area contributed by atoms with Crippen LogP contribution >= 0.6 is 11.6 Å². The maximum Gasteiger partial charge on any atom is 0.300 e. The first kappa shape index (κ1) is 26.1. The van der Waals surface area contributed by atoms with E-state index in [-0.39, 0.29) is 6.10 Å². The molecule has 4 heterocycles. The third kappa shape index (κ3) is 6.63. The predicted octanol–water partition coefficient (Wildman–Crippen LogP) is 2.69. The van der Waals surface area contributed by atoms with Crippen molar-refractivity contribution in [2.24, 2.45) is 23.0 Å². The molecule has 11 heteroatoms. The SMILES string of the molecule is CC(=O)O.Cn1nccc1[C@H]1CN(C2CCN(C3=NN=C(N)C3)CC2)[C@@H](Cc2ccc(Cl)cc2)CO1. The number of piperidine rings is 1. The van der Waals surface area contributed by atoms with Crippen LogP contribution < -0.4 is 5.73 Å². The second-order valence-corrected chi connectivity index (χ2v) is 9.84. The van der Waals surface area contributed by atoms with Gasteiger partial charge in [-0.1, -0.05) is 23.7 Å². The van der Waals surface area contributed by atoms with Crippen molar-refractivity contribution in [3.05, 3.63) is 52.8 Å². The molecule has 0 radical (unpaired) electrons. The number of nitrogens with two attached hydrogens (primary N) is 1. The number of carboxylic acid groups (broad SMARTS) is 1. The molecule has 2 saturated heterocycles. The Morgan fingerprint density at radius 1 is 1.19 bits per heavy atom. The van der Waals surface area contributed by atoms with Gasteiger partial charge in [0.25, 0.3) is 5.97 Å². The van der Waals surface area contributed by atoms with Crippen LogP contribution in [0.25, 0.3) is 0 Å². The van der Waals surface area contributed by atoms with Crippen LogP contribution in [0.4, 0.5) is 0 Å². The van der Waals surface area contributed by atoms with E-state index in [0.717, 1.165) is 62.4 Å². The average molecular weight is 516 g/mol. The molecular weight excluding hydrogens is 482 g/mol. The number of ether oxygens (including phenoxy) is 1. The smallest absolute Gasteiger partial charge is 0.300 e. The number of aliphatic carboxylic acids is 1. The minimum atomic E-state index is -0.833. The van der Waals surface area contributed by atoms with Gasteiger partial charge in [-0.2, -0.15) is 5.10 Å². The Hall–Kier alpha value is -2.95. The zero-order chi connectivity index (χ0) is 25.7. The van der Waals surface area contributed by atoms with Crippen LogP contribution in [-0.2, 0) is 23.0 Å². The molecule has 0 spiro atoms. The Kier molecular flexibility index (Phi) is 8.60. The van der Waals surface area contributed by atoms with E-state index in [1.165, 1.54) is 5.56 Å². The molecule has 36 heavy (non-hydrogen) atoms. The summed E-state index contributed by atoms with van der Waals surface area (Å²) in [4.78, 5) is 14.0. The molecule has 1 aromatic carbocycles. The first-order valence-electron chi connectivity index (χ1n) is 12.2. The maximum atomic E-state index is 9.00. The van der Waals surface area contributed by atoms with Gasteiger partial charge in [-0.25, -0.2) is 0 Å². The van der Waals surface area contributed by atoms with E-state index >= 15 is 0 Å². The number of hydrogen-bond donors (Lipinski definition) is 2. The molecule has 10 nitrogen and oxygen atoms in total. The van der Waals surface area contributed by atoms with E-state index in [9.17, 15) is 0 Å². The zero-order valence-corrected chi connectivity index (χ0v) is 21.5. The molecule has 1 aromatic heterocycles. The molecule has 2 aromatic rings. The first-order valence-corrected chi connectivity index (χ1v) is 12.6. The van der Waals surface area contributed by atoms with Crippen molar-refractivity contribution >= 4 is 29.2 Å². The minimum absolute atomic E-state index is 0.0365. The number of halogens is 1. The topological polar surface area (TPSA) is 122 Å². The second kappa shape index (κ2) is 11.9. The van der Waals surface area contributed by atoms with Crippen LogP contribution in [0.15, 0.2) is 46.7 Å². The molecule has 0 saturated carbocycles. The van der Waals surface area contributed by atoms with Gasteiger partial charge in [0, 0.05) is 56.9 Å². The lowest BCUT2D eigenvalue weighted by molar-refractivity contribution is -0.134. The number of morpholine rings is 1. The number of benzene rings is 1. The largest absolute Gasteiger partial charge is 0.481 e. The minimum Gasteiger partial charge on any atom is -0.481 e. The van der Waals surface area contributed by atoms with Gasteiger partial charge in [0.2, 0.25) is 0 Å². The number of nitrogens with zero attached hydrogens (tertiary/aromatic N) is 6. The van der Waals surface area contributed by atoms with Crippen LogP contribution in [0, 0.1) is 0 Å². The lowest BCUT2D eigenvalue weighted by atomic mass is 9.95. The van der Waals surface area contributed by atoms with Crippen LogP contribution in [0.5, 0.6) is 0 Å². The third-order valence-corrected chi connectivity index (χ3v) is 7.09. The number of carbonyl (C=O) groups is 1.